The molecule has 1 aliphatic heterocycles. The molecular weight excluding hydrogens is 298 g/mol. The first-order chi connectivity index (χ1) is 10.6. The summed E-state index contributed by atoms with van der Waals surface area (Å²) in [5, 5.41) is 0.982. The van der Waals surface area contributed by atoms with Gasteiger partial charge >= 0.3 is 0 Å². The van der Waals surface area contributed by atoms with Crippen LogP contribution < -0.4 is 4.90 Å². The lowest BCUT2D eigenvalue weighted by atomic mass is 10.1. The van der Waals surface area contributed by atoms with Gasteiger partial charge in [0, 0.05) is 20.6 Å². The molecule has 1 aromatic heterocycles. The Bertz CT molecular complexity index is 683. The molecule has 6 heteroatoms. The van der Waals surface area contributed by atoms with Crippen LogP contribution >= 0.6 is 11.3 Å². The fourth-order valence-electron chi connectivity index (χ4n) is 2.67. The summed E-state index contributed by atoms with van der Waals surface area (Å²) >= 11 is 1.69. The molecule has 22 heavy (non-hydrogen) atoms. The average Bonchev–Trinajstić information content (AvgIpc) is 2.98. The van der Waals surface area contributed by atoms with E-state index >= 15 is 0 Å². The number of carbonyl (C=O) groups excluding carboxylic acids is 1. The molecule has 0 bridgehead atoms. The second-order valence-corrected chi connectivity index (χ2v) is 6.66. The summed E-state index contributed by atoms with van der Waals surface area (Å²) in [6.45, 7) is 4.05. The second-order valence-electron chi connectivity index (χ2n) is 5.65. The zero-order chi connectivity index (χ0) is 15.7. The minimum absolute atomic E-state index is 0.0139. The fourth-order valence-corrected chi connectivity index (χ4v) is 3.72. The number of fused-ring (bicyclic) bond motifs is 1. The number of para-hydroxylation sites is 1. The standard InChI is InChI=1S/C16H21N3O2S/c1-4-11-6-5-7-13-14(11)17-16(22-13)19-8-9-21-12(10-19)15(20)18(2)3/h5-7,12H,4,8-10H2,1-3H3. The molecule has 0 aliphatic carbocycles. The van der Waals surface area contributed by atoms with E-state index in [-0.39, 0.29) is 5.91 Å². The van der Waals surface area contributed by atoms with Gasteiger partial charge in [-0.2, -0.15) is 0 Å². The Labute approximate surface area is 134 Å². The summed E-state index contributed by atoms with van der Waals surface area (Å²) in [6.07, 6.45) is 0.576. The molecule has 1 aliphatic rings. The Kier molecular flexibility index (Phi) is 4.31. The number of anilines is 1. The molecule has 1 saturated heterocycles. The predicted molar refractivity (Wildman–Crippen MR) is 89.6 cm³/mol. The first-order valence-corrected chi connectivity index (χ1v) is 8.38. The van der Waals surface area contributed by atoms with E-state index in [1.807, 2.05) is 0 Å². The lowest BCUT2D eigenvalue weighted by molar-refractivity contribution is -0.141. The number of likely N-dealkylation sites (N-methyl/N-ethyl adjacent to an activating group) is 1. The fraction of sp³-hybridized carbons (Fsp3) is 0.500. The number of ether oxygens (including phenoxy) is 1. The lowest BCUT2D eigenvalue weighted by Gasteiger charge is -2.33. The highest BCUT2D eigenvalue weighted by Crippen LogP contribution is 2.31. The topological polar surface area (TPSA) is 45.7 Å². The number of nitrogens with zero attached hydrogens (tertiary/aromatic N) is 3. The van der Waals surface area contributed by atoms with Crippen molar-refractivity contribution < 1.29 is 9.53 Å². The summed E-state index contributed by atoms with van der Waals surface area (Å²) < 4.78 is 6.82. The number of aromatic nitrogens is 1. The molecule has 1 fully saturated rings. The van der Waals surface area contributed by atoms with Crippen LogP contribution in [0.5, 0.6) is 0 Å². The molecular formula is C16H21N3O2S. The van der Waals surface area contributed by atoms with Gasteiger partial charge in [-0.25, -0.2) is 4.98 Å². The molecule has 0 radical (unpaired) electrons. The molecule has 0 saturated carbocycles. The van der Waals surface area contributed by atoms with Gasteiger partial charge in [-0.3, -0.25) is 4.79 Å². The van der Waals surface area contributed by atoms with Crippen LogP contribution in [-0.2, 0) is 16.0 Å². The molecule has 1 unspecified atom stereocenters. The minimum Gasteiger partial charge on any atom is -0.365 e. The van der Waals surface area contributed by atoms with Gasteiger partial charge in [0.25, 0.3) is 5.91 Å². The molecule has 1 aromatic carbocycles. The molecule has 1 amide bonds. The zero-order valence-corrected chi connectivity index (χ0v) is 14.0. The van der Waals surface area contributed by atoms with Crippen LogP contribution in [-0.4, -0.2) is 55.7 Å². The minimum atomic E-state index is -0.401. The van der Waals surface area contributed by atoms with Crippen molar-refractivity contribution >= 4 is 32.6 Å². The zero-order valence-electron chi connectivity index (χ0n) is 13.2. The number of carbonyl (C=O) groups is 1. The molecule has 2 aromatic rings. The number of morpholine rings is 1. The van der Waals surface area contributed by atoms with Gasteiger partial charge in [0.15, 0.2) is 11.2 Å². The Hall–Kier alpha value is -1.66. The Balaban J connectivity index is 1.86. The third-order valence-electron chi connectivity index (χ3n) is 3.93. The molecule has 1 atom stereocenters. The second kappa shape index (κ2) is 6.22. The molecule has 5 nitrogen and oxygen atoms in total. The Morgan fingerprint density at radius 1 is 1.50 bits per heavy atom. The predicted octanol–water partition coefficient (Wildman–Crippen LogP) is 2.15. The van der Waals surface area contributed by atoms with Gasteiger partial charge in [0.05, 0.1) is 23.4 Å². The monoisotopic (exact) mass is 319 g/mol. The van der Waals surface area contributed by atoms with Crippen molar-refractivity contribution in [2.75, 3.05) is 38.7 Å². The summed E-state index contributed by atoms with van der Waals surface area (Å²) in [5.41, 5.74) is 2.36. The maximum atomic E-state index is 12.1. The van der Waals surface area contributed by atoms with Gasteiger partial charge in [0.1, 0.15) is 0 Å². The lowest BCUT2D eigenvalue weighted by Crippen LogP contribution is -2.49. The van der Waals surface area contributed by atoms with E-state index < -0.39 is 6.10 Å². The molecule has 0 N–H and O–H groups in total. The number of aryl methyl sites for hydroxylation is 1. The van der Waals surface area contributed by atoms with Crippen LogP contribution in [0.15, 0.2) is 18.2 Å². The summed E-state index contributed by atoms with van der Waals surface area (Å²) in [7, 11) is 3.52. The Morgan fingerprint density at radius 2 is 2.32 bits per heavy atom. The van der Waals surface area contributed by atoms with Crippen molar-refractivity contribution in [1.82, 2.24) is 9.88 Å². The normalized spacial score (nSPS) is 18.7. The first kappa shape index (κ1) is 15.2. The third kappa shape index (κ3) is 2.80. The smallest absolute Gasteiger partial charge is 0.253 e. The summed E-state index contributed by atoms with van der Waals surface area (Å²) in [6, 6.07) is 6.32. The van der Waals surface area contributed by atoms with Gasteiger partial charge in [-0.1, -0.05) is 30.4 Å². The number of hydrogen-bond acceptors (Lipinski definition) is 5. The van der Waals surface area contributed by atoms with Gasteiger partial charge in [-0.15, -0.1) is 0 Å². The van der Waals surface area contributed by atoms with E-state index in [1.165, 1.54) is 10.3 Å². The van der Waals surface area contributed by atoms with Crippen molar-refractivity contribution in [3.63, 3.8) is 0 Å². The van der Waals surface area contributed by atoms with Gasteiger partial charge < -0.3 is 14.5 Å². The van der Waals surface area contributed by atoms with Gasteiger partial charge in [0.2, 0.25) is 0 Å². The summed E-state index contributed by atoms with van der Waals surface area (Å²) in [4.78, 5) is 20.7. The molecule has 2 heterocycles. The van der Waals surface area contributed by atoms with E-state index in [0.29, 0.717) is 13.2 Å². The van der Waals surface area contributed by atoms with Gasteiger partial charge in [-0.05, 0) is 18.1 Å². The number of rotatable bonds is 3. The maximum Gasteiger partial charge on any atom is 0.253 e. The highest BCUT2D eigenvalue weighted by atomic mass is 32.1. The highest BCUT2D eigenvalue weighted by molar-refractivity contribution is 7.22. The Morgan fingerprint density at radius 3 is 3.05 bits per heavy atom. The number of benzene rings is 1. The quantitative estimate of drug-likeness (QED) is 0.870. The van der Waals surface area contributed by atoms with Crippen molar-refractivity contribution in [1.29, 1.82) is 0 Å². The van der Waals surface area contributed by atoms with Crippen LogP contribution in [0.3, 0.4) is 0 Å². The van der Waals surface area contributed by atoms with Crippen LogP contribution in [0.2, 0.25) is 0 Å². The van der Waals surface area contributed by atoms with Crippen molar-refractivity contribution in [3.05, 3.63) is 23.8 Å². The number of hydrogen-bond donors (Lipinski definition) is 0. The first-order valence-electron chi connectivity index (χ1n) is 7.56. The molecule has 0 spiro atoms. The largest absolute Gasteiger partial charge is 0.365 e. The van der Waals surface area contributed by atoms with E-state index in [4.69, 9.17) is 9.72 Å². The SMILES string of the molecule is CCc1cccc2sc(N3CCOC(C(=O)N(C)C)C3)nc12. The maximum absolute atomic E-state index is 12.1. The number of thiazole rings is 1. The molecule has 118 valence electrons. The van der Waals surface area contributed by atoms with Crippen molar-refractivity contribution in [3.8, 4) is 0 Å². The number of amides is 1. The third-order valence-corrected chi connectivity index (χ3v) is 5.01. The highest BCUT2D eigenvalue weighted by Gasteiger charge is 2.29. The van der Waals surface area contributed by atoms with E-state index in [9.17, 15) is 4.79 Å². The van der Waals surface area contributed by atoms with E-state index in [2.05, 4.69) is 30.0 Å². The van der Waals surface area contributed by atoms with Crippen LogP contribution in [0.4, 0.5) is 5.13 Å². The van der Waals surface area contributed by atoms with Crippen molar-refractivity contribution in [2.24, 2.45) is 0 Å². The van der Waals surface area contributed by atoms with Crippen LogP contribution in [0.1, 0.15) is 12.5 Å². The summed E-state index contributed by atoms with van der Waals surface area (Å²) in [5.74, 6) is 0.0139. The average molecular weight is 319 g/mol. The molecule has 3 rings (SSSR count). The van der Waals surface area contributed by atoms with Crippen LogP contribution in [0.25, 0.3) is 10.2 Å². The van der Waals surface area contributed by atoms with Crippen LogP contribution in [0, 0.1) is 0 Å². The van der Waals surface area contributed by atoms with E-state index in [1.54, 1.807) is 30.3 Å². The van der Waals surface area contributed by atoms with Crippen molar-refractivity contribution in [2.45, 2.75) is 19.4 Å². The van der Waals surface area contributed by atoms with E-state index in [0.717, 1.165) is 23.6 Å².